The van der Waals surface area contributed by atoms with E-state index in [0.717, 1.165) is 35.3 Å². The molecule has 0 bridgehead atoms. The van der Waals surface area contributed by atoms with Crippen molar-refractivity contribution in [1.29, 1.82) is 0 Å². The van der Waals surface area contributed by atoms with Crippen LogP contribution in [0.25, 0.3) is 5.69 Å². The van der Waals surface area contributed by atoms with Gasteiger partial charge in [0.15, 0.2) is 0 Å². The van der Waals surface area contributed by atoms with Gasteiger partial charge in [-0.2, -0.15) is 5.10 Å². The zero-order chi connectivity index (χ0) is 25.1. The number of aryl methyl sites for hydroxylation is 2. The number of benzene rings is 3. The van der Waals surface area contributed by atoms with Gasteiger partial charge in [-0.05, 0) is 61.2 Å². The molecule has 0 radical (unpaired) electrons. The minimum atomic E-state index is -0.376. The van der Waals surface area contributed by atoms with E-state index in [1.54, 1.807) is 12.1 Å². The molecule has 4 aromatic rings. The first-order valence-electron chi connectivity index (χ1n) is 11.9. The van der Waals surface area contributed by atoms with Crippen molar-refractivity contribution in [2.45, 2.75) is 26.3 Å². The summed E-state index contributed by atoms with van der Waals surface area (Å²) >= 11 is 0. The van der Waals surface area contributed by atoms with Gasteiger partial charge in [-0.3, -0.25) is 19.3 Å². The lowest BCUT2D eigenvalue weighted by Gasteiger charge is -2.13. The monoisotopic (exact) mass is 478 g/mol. The summed E-state index contributed by atoms with van der Waals surface area (Å²) in [4.78, 5) is 39.6. The summed E-state index contributed by atoms with van der Waals surface area (Å²) in [5, 5.41) is 7.51. The fourth-order valence-electron chi connectivity index (χ4n) is 4.38. The molecule has 0 fully saturated rings. The fraction of sp³-hybridized carbons (Fsp3) is 0.172. The molecule has 1 N–H and O–H groups in total. The fourth-order valence-corrected chi connectivity index (χ4v) is 4.38. The van der Waals surface area contributed by atoms with Gasteiger partial charge in [0, 0.05) is 18.3 Å². The highest BCUT2D eigenvalue weighted by Crippen LogP contribution is 2.25. The van der Waals surface area contributed by atoms with Crippen LogP contribution in [0, 0.1) is 6.92 Å². The van der Waals surface area contributed by atoms with Gasteiger partial charge in [0.05, 0.1) is 29.1 Å². The molecule has 180 valence electrons. The topological polar surface area (TPSA) is 84.3 Å². The van der Waals surface area contributed by atoms with Crippen molar-refractivity contribution in [2.24, 2.45) is 0 Å². The van der Waals surface area contributed by atoms with Crippen molar-refractivity contribution < 1.29 is 14.4 Å². The Morgan fingerprint density at radius 1 is 0.889 bits per heavy atom. The molecule has 0 atom stereocenters. The largest absolute Gasteiger partial charge is 0.352 e. The number of imide groups is 1. The number of nitrogens with one attached hydrogen (secondary N) is 1. The third kappa shape index (κ3) is 4.68. The van der Waals surface area contributed by atoms with Crippen LogP contribution in [0.1, 0.15) is 54.3 Å². The number of carbonyl (C=O) groups is 3. The van der Waals surface area contributed by atoms with Crippen LogP contribution in [-0.4, -0.2) is 38.9 Å². The summed E-state index contributed by atoms with van der Waals surface area (Å²) in [7, 11) is 0. The second-order valence-electron chi connectivity index (χ2n) is 8.82. The van der Waals surface area contributed by atoms with E-state index in [1.165, 1.54) is 11.0 Å². The van der Waals surface area contributed by atoms with E-state index in [9.17, 15) is 14.4 Å². The van der Waals surface area contributed by atoms with E-state index >= 15 is 0 Å². The zero-order valence-electron chi connectivity index (χ0n) is 20.0. The van der Waals surface area contributed by atoms with Gasteiger partial charge in [-0.15, -0.1) is 0 Å². The number of para-hydroxylation sites is 1. The molecular formula is C29H26N4O3. The van der Waals surface area contributed by atoms with Crippen LogP contribution < -0.4 is 5.32 Å². The highest BCUT2D eigenvalue weighted by molar-refractivity contribution is 6.22. The van der Waals surface area contributed by atoms with Crippen LogP contribution >= 0.6 is 0 Å². The Morgan fingerprint density at radius 2 is 1.58 bits per heavy atom. The molecule has 2 heterocycles. The maximum atomic E-state index is 12.9. The molecular weight excluding hydrogens is 452 g/mol. The first-order valence-corrected chi connectivity index (χ1v) is 11.9. The normalized spacial score (nSPS) is 12.6. The third-order valence-corrected chi connectivity index (χ3v) is 6.35. The molecule has 3 amide bonds. The molecule has 5 rings (SSSR count). The van der Waals surface area contributed by atoms with Crippen LogP contribution in [0.3, 0.4) is 0 Å². The van der Waals surface area contributed by atoms with Crippen LogP contribution in [0.2, 0.25) is 0 Å². The number of fused-ring (bicyclic) bond motifs is 1. The first-order chi connectivity index (χ1) is 17.5. The van der Waals surface area contributed by atoms with Crippen molar-refractivity contribution in [3.05, 3.63) is 119 Å². The Kier molecular flexibility index (Phi) is 6.45. The minimum Gasteiger partial charge on any atom is -0.352 e. The SMILES string of the molecule is Cc1nn(-c2ccccc2)cc1CCCNC(=O)c1ccc2c(c1)C(=O)N(Cc1ccccc1)C2=O. The maximum Gasteiger partial charge on any atom is 0.261 e. The van der Waals surface area contributed by atoms with E-state index in [1.807, 2.05) is 78.5 Å². The van der Waals surface area contributed by atoms with E-state index < -0.39 is 0 Å². The smallest absolute Gasteiger partial charge is 0.261 e. The van der Waals surface area contributed by atoms with Crippen LogP contribution in [-0.2, 0) is 13.0 Å². The molecule has 0 spiro atoms. The van der Waals surface area contributed by atoms with E-state index in [0.29, 0.717) is 17.7 Å². The lowest BCUT2D eigenvalue weighted by Crippen LogP contribution is -2.29. The summed E-state index contributed by atoms with van der Waals surface area (Å²) < 4.78 is 1.87. The highest BCUT2D eigenvalue weighted by Gasteiger charge is 2.35. The van der Waals surface area contributed by atoms with Crippen molar-refractivity contribution in [2.75, 3.05) is 6.54 Å². The van der Waals surface area contributed by atoms with Crippen LogP contribution in [0.15, 0.2) is 85.1 Å². The van der Waals surface area contributed by atoms with Gasteiger partial charge in [-0.1, -0.05) is 48.5 Å². The standard InChI is InChI=1S/C29H26N4O3/c1-20-23(19-33(31-20)24-12-6-3-7-13-24)11-8-16-30-27(34)22-14-15-25-26(17-22)29(36)32(28(25)35)18-21-9-4-2-5-10-21/h2-7,9-10,12-15,17,19H,8,11,16,18H2,1H3,(H,30,34). The number of rotatable bonds is 8. The second kappa shape index (κ2) is 10.00. The third-order valence-electron chi connectivity index (χ3n) is 6.35. The molecule has 0 saturated heterocycles. The average Bonchev–Trinajstić information content (AvgIpc) is 3.40. The van der Waals surface area contributed by atoms with Gasteiger partial charge in [0.2, 0.25) is 0 Å². The Balaban J connectivity index is 1.18. The van der Waals surface area contributed by atoms with Crippen LogP contribution in [0.5, 0.6) is 0 Å². The second-order valence-corrected chi connectivity index (χ2v) is 8.82. The number of nitrogens with zero attached hydrogens (tertiary/aromatic N) is 3. The summed E-state index contributed by atoms with van der Waals surface area (Å²) in [5.74, 6) is -0.979. The van der Waals surface area contributed by atoms with E-state index in [2.05, 4.69) is 10.4 Å². The quantitative estimate of drug-likeness (QED) is 0.302. The molecule has 7 nitrogen and oxygen atoms in total. The number of hydrogen-bond donors (Lipinski definition) is 1. The summed E-state index contributed by atoms with van der Waals surface area (Å²) in [6.07, 6.45) is 3.56. The maximum absolute atomic E-state index is 12.9. The average molecular weight is 479 g/mol. The number of aromatic nitrogens is 2. The number of carbonyl (C=O) groups excluding carboxylic acids is 3. The lowest BCUT2D eigenvalue weighted by molar-refractivity contribution is 0.0642. The van der Waals surface area contributed by atoms with Gasteiger partial charge in [0.25, 0.3) is 17.7 Å². The van der Waals surface area contributed by atoms with E-state index in [-0.39, 0.29) is 29.8 Å². The lowest BCUT2D eigenvalue weighted by atomic mass is 10.1. The van der Waals surface area contributed by atoms with Gasteiger partial charge >= 0.3 is 0 Å². The molecule has 0 unspecified atom stereocenters. The molecule has 1 aliphatic rings. The molecule has 0 aliphatic carbocycles. The Hall–Kier alpha value is -4.52. The number of amides is 3. The van der Waals surface area contributed by atoms with E-state index in [4.69, 9.17) is 0 Å². The van der Waals surface area contributed by atoms with Crippen LogP contribution in [0.4, 0.5) is 0 Å². The first kappa shape index (κ1) is 23.2. The molecule has 0 saturated carbocycles. The Morgan fingerprint density at radius 3 is 2.33 bits per heavy atom. The van der Waals surface area contributed by atoms with Crippen molar-refractivity contribution in [3.8, 4) is 5.69 Å². The van der Waals surface area contributed by atoms with Crippen molar-refractivity contribution in [1.82, 2.24) is 20.0 Å². The van der Waals surface area contributed by atoms with Crippen molar-refractivity contribution in [3.63, 3.8) is 0 Å². The Bertz CT molecular complexity index is 1430. The highest BCUT2D eigenvalue weighted by atomic mass is 16.2. The summed E-state index contributed by atoms with van der Waals surface area (Å²) in [6, 6.07) is 24.0. The molecule has 7 heteroatoms. The zero-order valence-corrected chi connectivity index (χ0v) is 20.0. The van der Waals surface area contributed by atoms with Crippen molar-refractivity contribution >= 4 is 17.7 Å². The van der Waals surface area contributed by atoms with Gasteiger partial charge in [0.1, 0.15) is 0 Å². The summed E-state index contributed by atoms with van der Waals surface area (Å²) in [6.45, 7) is 2.67. The molecule has 36 heavy (non-hydrogen) atoms. The Labute approximate surface area is 209 Å². The van der Waals surface area contributed by atoms with Gasteiger partial charge < -0.3 is 5.32 Å². The van der Waals surface area contributed by atoms with Gasteiger partial charge in [-0.25, -0.2) is 4.68 Å². The molecule has 1 aromatic heterocycles. The number of hydrogen-bond acceptors (Lipinski definition) is 4. The minimum absolute atomic E-state index is 0.203. The predicted octanol–water partition coefficient (Wildman–Crippen LogP) is 4.34. The summed E-state index contributed by atoms with van der Waals surface area (Å²) in [5.41, 5.74) is 4.94. The molecule has 1 aliphatic heterocycles. The predicted molar refractivity (Wildman–Crippen MR) is 136 cm³/mol. The molecule has 3 aromatic carbocycles.